The second kappa shape index (κ2) is 5.02. The van der Waals surface area contributed by atoms with Gasteiger partial charge in [-0.2, -0.15) is 0 Å². The molecule has 0 atom stereocenters. The molecule has 15 heavy (non-hydrogen) atoms. The van der Waals surface area contributed by atoms with Crippen molar-refractivity contribution in [3.05, 3.63) is 0 Å². The van der Waals surface area contributed by atoms with Gasteiger partial charge in [-0.15, -0.1) is 11.6 Å². The second-order valence-electron chi connectivity index (χ2n) is 5.94. The molecule has 92 valence electrons. The predicted molar refractivity (Wildman–Crippen MR) is 65.7 cm³/mol. The first kappa shape index (κ1) is 15.2. The first-order valence-corrected chi connectivity index (χ1v) is 7.19. The maximum atomic E-state index is 11.7. The van der Waals surface area contributed by atoms with Gasteiger partial charge >= 0.3 is 0 Å². The highest BCUT2D eigenvalue weighted by Crippen LogP contribution is 2.18. The highest BCUT2D eigenvalue weighted by Gasteiger charge is 2.24. The molecule has 0 bridgehead atoms. The summed E-state index contributed by atoms with van der Waals surface area (Å²) in [5, 5.41) is 0. The van der Waals surface area contributed by atoms with Gasteiger partial charge in [-0.1, -0.05) is 34.6 Å². The Morgan fingerprint density at radius 1 is 1.13 bits per heavy atom. The lowest BCUT2D eigenvalue weighted by Crippen LogP contribution is -2.38. The molecular weight excluding hydrogens is 234 g/mol. The zero-order valence-corrected chi connectivity index (χ0v) is 11.8. The molecule has 0 aliphatic heterocycles. The van der Waals surface area contributed by atoms with Crippen LogP contribution in [0.2, 0.25) is 0 Å². The van der Waals surface area contributed by atoms with E-state index < -0.39 is 10.0 Å². The van der Waals surface area contributed by atoms with E-state index in [1.165, 1.54) is 0 Å². The third-order valence-electron chi connectivity index (χ3n) is 1.76. The Hall–Kier alpha value is 0.200. The van der Waals surface area contributed by atoms with Crippen LogP contribution in [-0.4, -0.2) is 26.6 Å². The first-order valence-electron chi connectivity index (χ1n) is 5.01. The van der Waals surface area contributed by atoms with Gasteiger partial charge in [0.25, 0.3) is 0 Å². The Bertz CT molecular complexity index is 291. The molecule has 0 aliphatic rings. The van der Waals surface area contributed by atoms with E-state index in [1.807, 2.05) is 34.6 Å². The molecule has 0 aliphatic carbocycles. The number of sulfonamides is 1. The van der Waals surface area contributed by atoms with Crippen LogP contribution in [0, 0.1) is 10.8 Å². The van der Waals surface area contributed by atoms with E-state index in [1.54, 1.807) is 0 Å². The fourth-order valence-electron chi connectivity index (χ4n) is 0.974. The highest BCUT2D eigenvalue weighted by atomic mass is 35.5. The average molecular weight is 256 g/mol. The number of nitrogens with one attached hydrogen (secondary N) is 1. The summed E-state index contributed by atoms with van der Waals surface area (Å²) in [6, 6.07) is 0. The summed E-state index contributed by atoms with van der Waals surface area (Å²) in [5.41, 5.74) is -0.427. The molecule has 0 aromatic carbocycles. The number of hydrogen-bond acceptors (Lipinski definition) is 2. The highest BCUT2D eigenvalue weighted by molar-refractivity contribution is 7.89. The van der Waals surface area contributed by atoms with E-state index >= 15 is 0 Å². The Morgan fingerprint density at radius 3 is 1.93 bits per heavy atom. The van der Waals surface area contributed by atoms with Crippen molar-refractivity contribution in [2.45, 2.75) is 34.6 Å². The minimum atomic E-state index is -3.19. The number of rotatable bonds is 5. The molecule has 0 aromatic heterocycles. The van der Waals surface area contributed by atoms with Crippen LogP contribution in [0.5, 0.6) is 0 Å². The fraction of sp³-hybridized carbons (Fsp3) is 1.00. The smallest absolute Gasteiger partial charge is 0.212 e. The molecule has 5 heteroatoms. The van der Waals surface area contributed by atoms with Crippen molar-refractivity contribution >= 4 is 21.6 Å². The van der Waals surface area contributed by atoms with Crippen LogP contribution in [0.3, 0.4) is 0 Å². The van der Waals surface area contributed by atoms with Gasteiger partial charge in [0, 0.05) is 12.4 Å². The molecule has 0 amide bonds. The van der Waals surface area contributed by atoms with E-state index in [0.717, 1.165) is 0 Å². The van der Waals surface area contributed by atoms with Gasteiger partial charge < -0.3 is 0 Å². The van der Waals surface area contributed by atoms with Gasteiger partial charge in [0.2, 0.25) is 10.0 Å². The van der Waals surface area contributed by atoms with Gasteiger partial charge in [0.05, 0.1) is 5.75 Å². The lowest BCUT2D eigenvalue weighted by molar-refractivity contribution is 0.407. The average Bonchev–Trinajstić information content (AvgIpc) is 1.97. The molecule has 1 N–H and O–H groups in total. The lowest BCUT2D eigenvalue weighted by atomic mass is 9.97. The van der Waals surface area contributed by atoms with Crippen LogP contribution < -0.4 is 4.72 Å². The molecule has 0 saturated heterocycles. The predicted octanol–water partition coefficient (Wildman–Crippen LogP) is 2.22. The lowest BCUT2D eigenvalue weighted by Gasteiger charge is -2.24. The van der Waals surface area contributed by atoms with Crippen molar-refractivity contribution in [2.24, 2.45) is 10.8 Å². The van der Waals surface area contributed by atoms with E-state index in [4.69, 9.17) is 11.6 Å². The molecule has 0 radical (unpaired) electrons. The van der Waals surface area contributed by atoms with Crippen molar-refractivity contribution in [1.82, 2.24) is 4.72 Å². The third kappa shape index (κ3) is 8.05. The first-order chi connectivity index (χ1) is 6.47. The molecule has 0 spiro atoms. The Morgan fingerprint density at radius 2 is 1.60 bits per heavy atom. The van der Waals surface area contributed by atoms with Crippen LogP contribution in [-0.2, 0) is 10.0 Å². The maximum Gasteiger partial charge on any atom is 0.212 e. The van der Waals surface area contributed by atoms with E-state index in [2.05, 4.69) is 4.72 Å². The Kier molecular flexibility index (Phi) is 5.09. The molecule has 0 fully saturated rings. The zero-order chi connectivity index (χ0) is 12.3. The van der Waals surface area contributed by atoms with Gasteiger partial charge in [-0.05, 0) is 10.8 Å². The quantitative estimate of drug-likeness (QED) is 0.766. The van der Waals surface area contributed by atoms with Crippen LogP contribution in [0.25, 0.3) is 0 Å². The summed E-state index contributed by atoms with van der Waals surface area (Å²) < 4.78 is 25.9. The number of hydrogen-bond donors (Lipinski definition) is 1. The van der Waals surface area contributed by atoms with Crippen molar-refractivity contribution in [2.75, 3.05) is 18.2 Å². The molecule has 0 saturated carbocycles. The fourth-order valence-corrected chi connectivity index (χ4v) is 2.92. The summed E-state index contributed by atoms with van der Waals surface area (Å²) in [4.78, 5) is 0. The summed E-state index contributed by atoms with van der Waals surface area (Å²) >= 11 is 5.72. The summed E-state index contributed by atoms with van der Waals surface area (Å²) in [5.74, 6) is 0.573. The topological polar surface area (TPSA) is 46.2 Å². The van der Waals surface area contributed by atoms with Crippen LogP contribution >= 0.6 is 11.6 Å². The molecular formula is C10H22ClNO2S. The largest absolute Gasteiger partial charge is 0.215 e. The van der Waals surface area contributed by atoms with Crippen molar-refractivity contribution < 1.29 is 8.42 Å². The minimum absolute atomic E-state index is 0.137. The molecule has 0 heterocycles. The van der Waals surface area contributed by atoms with Crippen LogP contribution in [0.4, 0.5) is 0 Å². The number of halogens is 1. The van der Waals surface area contributed by atoms with Gasteiger partial charge in [0.1, 0.15) is 0 Å². The minimum Gasteiger partial charge on any atom is -0.215 e. The second-order valence-corrected chi connectivity index (χ2v) is 8.01. The summed E-state index contributed by atoms with van der Waals surface area (Å²) in [7, 11) is -3.19. The van der Waals surface area contributed by atoms with E-state index in [9.17, 15) is 8.42 Å². The maximum absolute atomic E-state index is 11.7. The van der Waals surface area contributed by atoms with Gasteiger partial charge in [-0.3, -0.25) is 0 Å². The molecule has 0 unspecified atom stereocenters. The molecule has 0 aromatic rings. The van der Waals surface area contributed by atoms with Crippen molar-refractivity contribution in [1.29, 1.82) is 0 Å². The van der Waals surface area contributed by atoms with Crippen molar-refractivity contribution in [3.8, 4) is 0 Å². The normalized spacial score (nSPS) is 14.3. The number of alkyl halides is 1. The SMILES string of the molecule is CC(C)(C)CS(=O)(=O)NCC(C)(C)CCl. The van der Waals surface area contributed by atoms with Crippen LogP contribution in [0.15, 0.2) is 0 Å². The van der Waals surface area contributed by atoms with Gasteiger partial charge in [0.15, 0.2) is 0 Å². The van der Waals surface area contributed by atoms with E-state index in [-0.39, 0.29) is 16.6 Å². The standard InChI is InChI=1S/C10H22ClNO2S/c1-9(2,3)8-15(13,14)12-7-10(4,5)6-11/h12H,6-8H2,1-5H3. The Balaban J connectivity index is 4.30. The third-order valence-corrected chi connectivity index (χ3v) is 4.31. The monoisotopic (exact) mass is 255 g/mol. The molecule has 3 nitrogen and oxygen atoms in total. The summed E-state index contributed by atoms with van der Waals surface area (Å²) in [6.07, 6.45) is 0. The van der Waals surface area contributed by atoms with Crippen molar-refractivity contribution in [3.63, 3.8) is 0 Å². The van der Waals surface area contributed by atoms with E-state index in [0.29, 0.717) is 12.4 Å². The van der Waals surface area contributed by atoms with Crippen LogP contribution in [0.1, 0.15) is 34.6 Å². The van der Waals surface area contributed by atoms with Gasteiger partial charge in [-0.25, -0.2) is 13.1 Å². The molecule has 0 rings (SSSR count). The summed E-state index contributed by atoms with van der Waals surface area (Å²) in [6.45, 7) is 9.95. The Labute approximate surface area is 98.6 Å². The zero-order valence-electron chi connectivity index (χ0n) is 10.2.